The molecule has 239 valence electrons. The molecule has 0 saturated heterocycles. The number of hydrogen-bond acceptors (Lipinski definition) is 3. The van der Waals surface area contributed by atoms with E-state index in [2.05, 4.69) is 154 Å². The zero-order valence-corrected chi connectivity index (χ0v) is 28.3. The SMILES string of the molecule is c1ccc([Si](c2ccccc2)n2c3ccccc3c3ccc4oc(-n5c6ccccc6c6ccc(-c7cccc8occc78)nc65)cc4c32)cc1. The van der Waals surface area contributed by atoms with Crippen LogP contribution >= 0.6 is 0 Å². The Hall–Kier alpha value is -6.63. The number of fused-ring (bicyclic) bond motifs is 9. The fourth-order valence-corrected chi connectivity index (χ4v) is 10.7. The summed E-state index contributed by atoms with van der Waals surface area (Å²) in [6.07, 6.45) is 1.74. The Balaban J connectivity index is 1.21. The van der Waals surface area contributed by atoms with Crippen molar-refractivity contribution in [2.45, 2.75) is 0 Å². The van der Waals surface area contributed by atoms with E-state index in [4.69, 9.17) is 13.8 Å². The number of benzene rings is 6. The summed E-state index contributed by atoms with van der Waals surface area (Å²) in [4.78, 5) is 5.34. The molecule has 5 heterocycles. The number of rotatable bonds is 5. The minimum Gasteiger partial charge on any atom is -0.464 e. The number of hydrogen-bond donors (Lipinski definition) is 0. The molecule has 0 N–H and O–H groups in total. The second kappa shape index (κ2) is 10.9. The van der Waals surface area contributed by atoms with E-state index in [1.165, 1.54) is 32.2 Å². The molecule has 0 bridgehead atoms. The van der Waals surface area contributed by atoms with E-state index in [1.54, 1.807) is 6.26 Å². The van der Waals surface area contributed by atoms with Crippen LogP contribution in [-0.4, -0.2) is 22.7 Å². The molecule has 6 aromatic carbocycles. The molecule has 11 rings (SSSR count). The van der Waals surface area contributed by atoms with Gasteiger partial charge in [0.15, 0.2) is 0 Å². The first-order chi connectivity index (χ1) is 25.3. The summed E-state index contributed by atoms with van der Waals surface area (Å²) in [5, 5.41) is 9.43. The Morgan fingerprint density at radius 1 is 0.490 bits per heavy atom. The van der Waals surface area contributed by atoms with E-state index in [-0.39, 0.29) is 0 Å². The maximum atomic E-state index is 6.89. The zero-order valence-electron chi connectivity index (χ0n) is 27.3. The van der Waals surface area contributed by atoms with Gasteiger partial charge in [-0.15, -0.1) is 0 Å². The molecule has 0 aliphatic rings. The van der Waals surface area contributed by atoms with Crippen LogP contribution in [0.25, 0.3) is 82.8 Å². The lowest BCUT2D eigenvalue weighted by Gasteiger charge is -2.20. The topological polar surface area (TPSA) is 49.0 Å². The number of aromatic nitrogens is 3. The van der Waals surface area contributed by atoms with E-state index in [9.17, 15) is 0 Å². The quantitative estimate of drug-likeness (QED) is 0.171. The molecule has 11 aromatic rings. The van der Waals surface area contributed by atoms with Crippen molar-refractivity contribution in [3.63, 3.8) is 0 Å². The third-order valence-electron chi connectivity index (χ3n) is 10.2. The van der Waals surface area contributed by atoms with Gasteiger partial charge in [-0.2, -0.15) is 0 Å². The Kier molecular flexibility index (Phi) is 6.05. The van der Waals surface area contributed by atoms with Crippen LogP contribution in [0.3, 0.4) is 0 Å². The maximum Gasteiger partial charge on any atom is 0.247 e. The summed E-state index contributed by atoms with van der Waals surface area (Å²) in [6.45, 7) is 0. The zero-order chi connectivity index (χ0) is 33.5. The van der Waals surface area contributed by atoms with E-state index in [1.807, 2.05) is 18.2 Å². The van der Waals surface area contributed by atoms with Gasteiger partial charge in [0.1, 0.15) is 16.8 Å². The molecule has 5 nitrogen and oxygen atoms in total. The van der Waals surface area contributed by atoms with Crippen LogP contribution in [0.2, 0.25) is 0 Å². The number of nitrogens with zero attached hydrogens (tertiary/aromatic N) is 3. The predicted octanol–water partition coefficient (Wildman–Crippen LogP) is 10.1. The Morgan fingerprint density at radius 2 is 1.18 bits per heavy atom. The summed E-state index contributed by atoms with van der Waals surface area (Å²) < 4.78 is 17.4. The van der Waals surface area contributed by atoms with Gasteiger partial charge in [-0.3, -0.25) is 4.57 Å². The molecular weight excluding hydrogens is 643 g/mol. The fraction of sp³-hybridized carbons (Fsp3) is 0. The number of para-hydroxylation sites is 2. The molecular formula is C45H28N3O2Si. The van der Waals surface area contributed by atoms with Crippen molar-refractivity contribution in [1.82, 2.24) is 13.8 Å². The van der Waals surface area contributed by atoms with Gasteiger partial charge in [-0.05, 0) is 58.9 Å². The lowest BCUT2D eigenvalue weighted by molar-refractivity contribution is 0.589. The molecule has 6 heteroatoms. The van der Waals surface area contributed by atoms with Crippen LogP contribution in [0.15, 0.2) is 179 Å². The van der Waals surface area contributed by atoms with Crippen molar-refractivity contribution >= 4 is 85.0 Å². The second-order valence-corrected chi connectivity index (χ2v) is 15.2. The summed E-state index contributed by atoms with van der Waals surface area (Å²) >= 11 is 0. The normalized spacial score (nSPS) is 12.1. The van der Waals surface area contributed by atoms with Crippen molar-refractivity contribution < 1.29 is 8.83 Å². The van der Waals surface area contributed by atoms with E-state index >= 15 is 0 Å². The standard InChI is InChI=1S/C45H28N3O2Si/c1-3-12-29(13-4-1)51(30-14-5-2-6-15-30)48-40-20-10-8-16-32(40)35-23-25-42-37(44(35)48)28-43(50-42)47-39-19-9-7-17-33(39)36-22-24-38(46-45(36)47)31-18-11-21-41-34(31)26-27-49-41/h1-28H. The third kappa shape index (κ3) is 4.17. The van der Waals surface area contributed by atoms with Gasteiger partial charge >= 0.3 is 0 Å². The lowest BCUT2D eigenvalue weighted by atomic mass is 10.1. The predicted molar refractivity (Wildman–Crippen MR) is 210 cm³/mol. The fourth-order valence-electron chi connectivity index (χ4n) is 7.95. The summed E-state index contributed by atoms with van der Waals surface area (Å²) in [7, 11) is -1.49. The van der Waals surface area contributed by atoms with Crippen LogP contribution in [0.5, 0.6) is 0 Å². The second-order valence-electron chi connectivity index (χ2n) is 12.9. The van der Waals surface area contributed by atoms with Crippen molar-refractivity contribution in [1.29, 1.82) is 0 Å². The van der Waals surface area contributed by atoms with Crippen molar-refractivity contribution in [2.24, 2.45) is 0 Å². The Bertz CT molecular complexity index is 3060. The molecule has 0 aliphatic heterocycles. The molecule has 0 atom stereocenters. The summed E-state index contributed by atoms with van der Waals surface area (Å²) in [5.41, 5.74) is 7.92. The highest BCUT2D eigenvalue weighted by atomic mass is 28.3. The van der Waals surface area contributed by atoms with Gasteiger partial charge in [-0.1, -0.05) is 109 Å². The minimum absolute atomic E-state index is 0.736. The lowest BCUT2D eigenvalue weighted by Crippen LogP contribution is -2.48. The third-order valence-corrected chi connectivity index (χ3v) is 12.8. The highest BCUT2D eigenvalue weighted by molar-refractivity contribution is 6.85. The highest BCUT2D eigenvalue weighted by Crippen LogP contribution is 2.40. The maximum absolute atomic E-state index is 6.89. The molecule has 5 aromatic heterocycles. The molecule has 0 unspecified atom stereocenters. The molecule has 0 spiro atoms. The first kappa shape index (κ1) is 28.2. The summed E-state index contributed by atoms with van der Waals surface area (Å²) in [6, 6.07) is 58.2. The van der Waals surface area contributed by atoms with Crippen molar-refractivity contribution in [2.75, 3.05) is 0 Å². The van der Waals surface area contributed by atoms with Crippen molar-refractivity contribution in [3.05, 3.63) is 170 Å². The van der Waals surface area contributed by atoms with E-state index in [0.29, 0.717) is 0 Å². The molecule has 0 fully saturated rings. The van der Waals surface area contributed by atoms with Gasteiger partial charge in [-0.25, -0.2) is 4.98 Å². The average Bonchev–Trinajstić information content (AvgIpc) is 3.98. The van der Waals surface area contributed by atoms with Crippen LogP contribution in [0.4, 0.5) is 0 Å². The first-order valence-electron chi connectivity index (χ1n) is 17.1. The molecule has 0 saturated carbocycles. The molecule has 1 radical (unpaired) electrons. The van der Waals surface area contributed by atoms with Crippen molar-refractivity contribution in [3.8, 4) is 17.1 Å². The van der Waals surface area contributed by atoms with Gasteiger partial charge < -0.3 is 13.1 Å². The molecule has 0 aliphatic carbocycles. The van der Waals surface area contributed by atoms with Crippen LogP contribution in [0, 0.1) is 0 Å². The number of furan rings is 2. The highest BCUT2D eigenvalue weighted by Gasteiger charge is 2.27. The molecule has 0 amide bonds. The average molecular weight is 671 g/mol. The number of pyridine rings is 1. The van der Waals surface area contributed by atoms with Crippen LogP contribution in [0.1, 0.15) is 0 Å². The van der Waals surface area contributed by atoms with Gasteiger partial charge in [0, 0.05) is 49.5 Å². The Labute approximate surface area is 293 Å². The first-order valence-corrected chi connectivity index (χ1v) is 18.6. The minimum atomic E-state index is -1.49. The van der Waals surface area contributed by atoms with Gasteiger partial charge in [0.2, 0.25) is 14.8 Å². The van der Waals surface area contributed by atoms with Gasteiger partial charge in [0.25, 0.3) is 0 Å². The smallest absolute Gasteiger partial charge is 0.247 e. The Morgan fingerprint density at radius 3 is 1.96 bits per heavy atom. The van der Waals surface area contributed by atoms with Gasteiger partial charge in [0.05, 0.1) is 23.0 Å². The molecule has 51 heavy (non-hydrogen) atoms. The van der Waals surface area contributed by atoms with E-state index in [0.717, 1.165) is 61.0 Å². The monoisotopic (exact) mass is 670 g/mol. The van der Waals surface area contributed by atoms with Crippen LogP contribution in [-0.2, 0) is 0 Å². The van der Waals surface area contributed by atoms with E-state index < -0.39 is 8.96 Å². The summed E-state index contributed by atoms with van der Waals surface area (Å²) in [5.74, 6) is 0.736. The van der Waals surface area contributed by atoms with Crippen LogP contribution < -0.4 is 10.4 Å². The largest absolute Gasteiger partial charge is 0.464 e.